The summed E-state index contributed by atoms with van der Waals surface area (Å²) in [6.07, 6.45) is 10.5. The SMILES string of the molecule is COC1CCC(Nc2cccnc2-n2ccnc2C)CC1. The first-order valence-corrected chi connectivity index (χ1v) is 7.52. The topological polar surface area (TPSA) is 52.0 Å². The average Bonchev–Trinajstić information content (AvgIpc) is 2.95. The molecule has 0 aromatic carbocycles. The number of imidazole rings is 1. The molecule has 1 saturated carbocycles. The molecule has 1 fully saturated rings. The number of anilines is 1. The Labute approximate surface area is 125 Å². The molecule has 1 aliphatic carbocycles. The van der Waals surface area contributed by atoms with Crippen LogP contribution in [0.3, 0.4) is 0 Å². The van der Waals surface area contributed by atoms with E-state index in [1.807, 2.05) is 30.0 Å². The molecule has 0 atom stereocenters. The van der Waals surface area contributed by atoms with Crippen LogP contribution in [0.25, 0.3) is 5.82 Å². The number of nitrogens with one attached hydrogen (secondary N) is 1. The molecule has 0 aliphatic heterocycles. The lowest BCUT2D eigenvalue weighted by Crippen LogP contribution is -2.29. The van der Waals surface area contributed by atoms with E-state index in [-0.39, 0.29) is 0 Å². The van der Waals surface area contributed by atoms with Crippen LogP contribution in [0.4, 0.5) is 5.69 Å². The molecule has 21 heavy (non-hydrogen) atoms. The van der Waals surface area contributed by atoms with Gasteiger partial charge in [0.15, 0.2) is 5.82 Å². The maximum absolute atomic E-state index is 5.44. The number of aromatic nitrogens is 3. The summed E-state index contributed by atoms with van der Waals surface area (Å²) < 4.78 is 7.45. The van der Waals surface area contributed by atoms with Crippen molar-refractivity contribution in [1.82, 2.24) is 14.5 Å². The first-order valence-electron chi connectivity index (χ1n) is 7.52. The van der Waals surface area contributed by atoms with Crippen LogP contribution >= 0.6 is 0 Å². The average molecular weight is 286 g/mol. The minimum atomic E-state index is 0.423. The Morgan fingerprint density at radius 1 is 1.19 bits per heavy atom. The van der Waals surface area contributed by atoms with Crippen LogP contribution < -0.4 is 5.32 Å². The van der Waals surface area contributed by atoms with Crippen LogP contribution in [-0.4, -0.2) is 33.8 Å². The first-order chi connectivity index (χ1) is 10.3. The minimum Gasteiger partial charge on any atom is -0.381 e. The maximum Gasteiger partial charge on any atom is 0.161 e. The summed E-state index contributed by atoms with van der Waals surface area (Å²) in [6.45, 7) is 1.99. The fraction of sp³-hybridized carbons (Fsp3) is 0.500. The van der Waals surface area contributed by atoms with E-state index in [4.69, 9.17) is 4.74 Å². The molecule has 112 valence electrons. The Morgan fingerprint density at radius 3 is 2.67 bits per heavy atom. The molecule has 1 N–H and O–H groups in total. The summed E-state index contributed by atoms with van der Waals surface area (Å²) in [5.74, 6) is 1.86. The summed E-state index contributed by atoms with van der Waals surface area (Å²) in [7, 11) is 1.81. The van der Waals surface area contributed by atoms with Gasteiger partial charge in [-0.3, -0.25) is 4.57 Å². The number of methoxy groups -OCH3 is 1. The molecule has 0 spiro atoms. The zero-order valence-corrected chi connectivity index (χ0v) is 12.6. The second-order valence-corrected chi connectivity index (χ2v) is 5.57. The summed E-state index contributed by atoms with van der Waals surface area (Å²) in [5.41, 5.74) is 1.07. The quantitative estimate of drug-likeness (QED) is 0.939. The lowest BCUT2D eigenvalue weighted by molar-refractivity contribution is 0.0682. The second-order valence-electron chi connectivity index (χ2n) is 5.57. The van der Waals surface area contributed by atoms with Gasteiger partial charge in [-0.1, -0.05) is 0 Å². The van der Waals surface area contributed by atoms with Crippen molar-refractivity contribution in [3.05, 3.63) is 36.5 Å². The molecule has 0 amide bonds. The zero-order valence-electron chi connectivity index (χ0n) is 12.6. The molecule has 0 saturated heterocycles. The van der Waals surface area contributed by atoms with Crippen molar-refractivity contribution in [2.75, 3.05) is 12.4 Å². The van der Waals surface area contributed by atoms with Gasteiger partial charge in [-0.05, 0) is 44.7 Å². The van der Waals surface area contributed by atoms with Gasteiger partial charge in [0.25, 0.3) is 0 Å². The lowest BCUT2D eigenvalue weighted by atomic mass is 9.93. The van der Waals surface area contributed by atoms with E-state index >= 15 is 0 Å². The molecule has 5 nitrogen and oxygen atoms in total. The third-order valence-electron chi connectivity index (χ3n) is 4.21. The third-order valence-corrected chi connectivity index (χ3v) is 4.21. The maximum atomic E-state index is 5.44. The second kappa shape index (κ2) is 6.26. The Morgan fingerprint density at radius 2 is 2.00 bits per heavy atom. The Kier molecular flexibility index (Phi) is 4.20. The van der Waals surface area contributed by atoms with Crippen LogP contribution in [0.15, 0.2) is 30.7 Å². The summed E-state index contributed by atoms with van der Waals surface area (Å²) in [6, 6.07) is 4.55. The van der Waals surface area contributed by atoms with E-state index in [0.29, 0.717) is 12.1 Å². The molecule has 3 rings (SSSR count). The van der Waals surface area contributed by atoms with Gasteiger partial charge in [0, 0.05) is 31.7 Å². The van der Waals surface area contributed by atoms with Crippen molar-refractivity contribution in [3.8, 4) is 5.82 Å². The minimum absolute atomic E-state index is 0.423. The smallest absolute Gasteiger partial charge is 0.161 e. The Hall–Kier alpha value is -1.88. The fourth-order valence-electron chi connectivity index (χ4n) is 2.97. The van der Waals surface area contributed by atoms with Crippen molar-refractivity contribution < 1.29 is 4.74 Å². The molecule has 5 heteroatoms. The molecular weight excluding hydrogens is 264 g/mol. The highest BCUT2D eigenvalue weighted by Gasteiger charge is 2.21. The first kappa shape index (κ1) is 14.1. The molecule has 0 unspecified atom stereocenters. The van der Waals surface area contributed by atoms with E-state index in [0.717, 1.165) is 43.0 Å². The third kappa shape index (κ3) is 3.08. The molecular formula is C16H22N4O. The number of aryl methyl sites for hydroxylation is 1. The molecule has 2 aromatic heterocycles. The van der Waals surface area contributed by atoms with Crippen molar-refractivity contribution in [2.45, 2.75) is 44.8 Å². The van der Waals surface area contributed by atoms with Gasteiger partial charge < -0.3 is 10.1 Å². The predicted octanol–water partition coefficient (Wildman–Crippen LogP) is 2.95. The van der Waals surface area contributed by atoms with E-state index in [9.17, 15) is 0 Å². The van der Waals surface area contributed by atoms with E-state index in [1.165, 1.54) is 0 Å². The zero-order chi connectivity index (χ0) is 14.7. The number of nitrogens with zero attached hydrogens (tertiary/aromatic N) is 3. The van der Waals surface area contributed by atoms with Gasteiger partial charge in [0.1, 0.15) is 5.82 Å². The summed E-state index contributed by atoms with van der Waals surface area (Å²) in [5, 5.41) is 3.64. The molecule has 2 heterocycles. The number of rotatable bonds is 4. The molecule has 1 aliphatic rings. The van der Waals surface area contributed by atoms with E-state index in [1.54, 1.807) is 13.3 Å². The van der Waals surface area contributed by atoms with Crippen LogP contribution in [-0.2, 0) is 4.74 Å². The molecule has 0 bridgehead atoms. The predicted molar refractivity (Wildman–Crippen MR) is 82.8 cm³/mol. The monoisotopic (exact) mass is 286 g/mol. The van der Waals surface area contributed by atoms with Gasteiger partial charge in [-0.25, -0.2) is 9.97 Å². The highest BCUT2D eigenvalue weighted by atomic mass is 16.5. The van der Waals surface area contributed by atoms with Crippen molar-refractivity contribution in [3.63, 3.8) is 0 Å². The fourth-order valence-corrected chi connectivity index (χ4v) is 2.97. The number of ether oxygens (including phenoxy) is 1. The van der Waals surface area contributed by atoms with E-state index < -0.39 is 0 Å². The Balaban J connectivity index is 1.76. The molecule has 2 aromatic rings. The lowest BCUT2D eigenvalue weighted by Gasteiger charge is -2.29. The van der Waals surface area contributed by atoms with Crippen molar-refractivity contribution in [1.29, 1.82) is 0 Å². The van der Waals surface area contributed by atoms with Crippen LogP contribution in [0.2, 0.25) is 0 Å². The van der Waals surface area contributed by atoms with Crippen LogP contribution in [0.5, 0.6) is 0 Å². The van der Waals surface area contributed by atoms with Gasteiger partial charge >= 0.3 is 0 Å². The number of hydrogen-bond acceptors (Lipinski definition) is 4. The number of hydrogen-bond donors (Lipinski definition) is 1. The van der Waals surface area contributed by atoms with E-state index in [2.05, 4.69) is 21.4 Å². The number of pyridine rings is 1. The summed E-state index contributed by atoms with van der Waals surface area (Å²) in [4.78, 5) is 8.79. The van der Waals surface area contributed by atoms with Crippen molar-refractivity contribution in [2.24, 2.45) is 0 Å². The largest absolute Gasteiger partial charge is 0.381 e. The normalized spacial score (nSPS) is 22.2. The Bertz CT molecular complexity index is 587. The van der Waals surface area contributed by atoms with Crippen LogP contribution in [0.1, 0.15) is 31.5 Å². The molecule has 0 radical (unpaired) electrons. The standard InChI is InChI=1S/C16H22N4O/c1-12-17-10-11-20(12)16-15(4-3-9-18-16)19-13-5-7-14(21-2)8-6-13/h3-4,9-11,13-14,19H,5-8H2,1-2H3. The van der Waals surface area contributed by atoms with Gasteiger partial charge in [-0.15, -0.1) is 0 Å². The highest BCUT2D eigenvalue weighted by molar-refractivity contribution is 5.57. The van der Waals surface area contributed by atoms with Gasteiger partial charge in [0.2, 0.25) is 0 Å². The van der Waals surface area contributed by atoms with Crippen molar-refractivity contribution >= 4 is 5.69 Å². The van der Waals surface area contributed by atoms with Gasteiger partial charge in [0.05, 0.1) is 11.8 Å². The van der Waals surface area contributed by atoms with Gasteiger partial charge in [-0.2, -0.15) is 0 Å². The highest BCUT2D eigenvalue weighted by Crippen LogP contribution is 2.26. The summed E-state index contributed by atoms with van der Waals surface area (Å²) >= 11 is 0. The van der Waals surface area contributed by atoms with Crippen LogP contribution in [0, 0.1) is 6.92 Å².